The van der Waals surface area contributed by atoms with Crippen LogP contribution in [0, 0.1) is 0 Å². The van der Waals surface area contributed by atoms with E-state index in [0.29, 0.717) is 19.6 Å². The van der Waals surface area contributed by atoms with E-state index in [2.05, 4.69) is 0 Å². The largest absolute Gasteiger partial charge is 0.388 e. The normalized spacial score (nSPS) is 18.2. The third kappa shape index (κ3) is 3.38. The fourth-order valence-electron chi connectivity index (χ4n) is 2.97. The van der Waals surface area contributed by atoms with Crippen molar-refractivity contribution in [3.8, 4) is 0 Å². The first-order chi connectivity index (χ1) is 10.8. The van der Waals surface area contributed by atoms with E-state index in [9.17, 15) is 5.11 Å². The van der Waals surface area contributed by atoms with Crippen LogP contribution >= 0.6 is 0 Å². The van der Waals surface area contributed by atoms with Gasteiger partial charge in [-0.3, -0.25) is 0 Å². The summed E-state index contributed by atoms with van der Waals surface area (Å²) in [5.41, 5.74) is 2.02. The van der Waals surface area contributed by atoms with Crippen molar-refractivity contribution in [1.82, 2.24) is 0 Å². The Bertz CT molecular complexity index is 562. The number of benzene rings is 2. The summed E-state index contributed by atoms with van der Waals surface area (Å²) in [6.07, 6.45) is 1.85. The lowest BCUT2D eigenvalue weighted by molar-refractivity contribution is -0.172. The molecule has 1 fully saturated rings. The van der Waals surface area contributed by atoms with Gasteiger partial charge in [0.25, 0.3) is 0 Å². The van der Waals surface area contributed by atoms with Gasteiger partial charge in [-0.05, 0) is 18.4 Å². The molecular formula is C19H22O3. The van der Waals surface area contributed by atoms with Gasteiger partial charge in [-0.1, -0.05) is 60.7 Å². The van der Waals surface area contributed by atoms with Crippen molar-refractivity contribution in [3.05, 3.63) is 71.8 Å². The Hall–Kier alpha value is -1.68. The van der Waals surface area contributed by atoms with Crippen LogP contribution in [0.25, 0.3) is 0 Å². The monoisotopic (exact) mass is 298 g/mol. The van der Waals surface area contributed by atoms with E-state index in [1.807, 2.05) is 60.7 Å². The number of aliphatic hydroxyl groups excluding tert-OH is 1. The van der Waals surface area contributed by atoms with Gasteiger partial charge >= 0.3 is 0 Å². The summed E-state index contributed by atoms with van der Waals surface area (Å²) >= 11 is 0. The lowest BCUT2D eigenvalue weighted by Crippen LogP contribution is -2.27. The molecule has 1 heterocycles. The number of hydrogen-bond acceptors (Lipinski definition) is 3. The van der Waals surface area contributed by atoms with Crippen LogP contribution in [-0.4, -0.2) is 18.3 Å². The van der Waals surface area contributed by atoms with Gasteiger partial charge < -0.3 is 14.6 Å². The molecule has 3 rings (SSSR count). The van der Waals surface area contributed by atoms with Gasteiger partial charge in [-0.2, -0.15) is 0 Å². The second-order valence-electron chi connectivity index (χ2n) is 5.63. The van der Waals surface area contributed by atoms with Gasteiger partial charge in [-0.25, -0.2) is 0 Å². The highest BCUT2D eigenvalue weighted by atomic mass is 16.7. The standard InChI is InChI=1S/C19H22O3/c20-18(16-8-3-1-4-9-16)12-7-13-19(21-14-15-22-19)17-10-5-2-6-11-17/h1-6,8-11,18,20H,7,12-15H2. The zero-order valence-electron chi connectivity index (χ0n) is 12.7. The van der Waals surface area contributed by atoms with E-state index in [-0.39, 0.29) is 0 Å². The van der Waals surface area contributed by atoms with E-state index in [0.717, 1.165) is 24.0 Å². The summed E-state index contributed by atoms with van der Waals surface area (Å²) in [7, 11) is 0. The molecule has 2 aromatic carbocycles. The molecule has 1 aliphatic heterocycles. The summed E-state index contributed by atoms with van der Waals surface area (Å²) in [6.45, 7) is 1.24. The smallest absolute Gasteiger partial charge is 0.194 e. The highest BCUT2D eigenvalue weighted by Crippen LogP contribution is 2.37. The third-order valence-corrected chi connectivity index (χ3v) is 4.14. The van der Waals surface area contributed by atoms with Crippen LogP contribution in [-0.2, 0) is 15.3 Å². The van der Waals surface area contributed by atoms with Gasteiger partial charge in [0, 0.05) is 12.0 Å². The van der Waals surface area contributed by atoms with Gasteiger partial charge in [0.05, 0.1) is 19.3 Å². The van der Waals surface area contributed by atoms with Crippen molar-refractivity contribution in [2.24, 2.45) is 0 Å². The Morgan fingerprint density at radius 2 is 1.50 bits per heavy atom. The summed E-state index contributed by atoms with van der Waals surface area (Å²) in [5, 5.41) is 10.3. The molecule has 0 aromatic heterocycles. The van der Waals surface area contributed by atoms with Gasteiger partial charge in [-0.15, -0.1) is 0 Å². The molecule has 0 saturated carbocycles. The molecule has 0 radical (unpaired) electrons. The Balaban J connectivity index is 1.61. The first-order valence-electron chi connectivity index (χ1n) is 7.87. The Morgan fingerprint density at radius 1 is 0.909 bits per heavy atom. The molecule has 0 spiro atoms. The molecular weight excluding hydrogens is 276 g/mol. The fraction of sp³-hybridized carbons (Fsp3) is 0.368. The molecule has 2 aromatic rings. The topological polar surface area (TPSA) is 38.7 Å². The van der Waals surface area contributed by atoms with Crippen LogP contribution < -0.4 is 0 Å². The van der Waals surface area contributed by atoms with Crippen LogP contribution in [0.4, 0.5) is 0 Å². The Morgan fingerprint density at radius 3 is 2.14 bits per heavy atom. The first kappa shape index (κ1) is 15.2. The summed E-state index contributed by atoms with van der Waals surface area (Å²) in [5.74, 6) is -0.641. The summed E-state index contributed by atoms with van der Waals surface area (Å²) in [4.78, 5) is 0. The number of hydrogen-bond donors (Lipinski definition) is 1. The molecule has 1 unspecified atom stereocenters. The van der Waals surface area contributed by atoms with Crippen molar-refractivity contribution >= 4 is 0 Å². The zero-order chi connectivity index (χ0) is 15.3. The van der Waals surface area contributed by atoms with Gasteiger partial charge in [0.2, 0.25) is 0 Å². The maximum atomic E-state index is 10.3. The van der Waals surface area contributed by atoms with E-state index in [1.165, 1.54) is 0 Å². The lowest BCUT2D eigenvalue weighted by Gasteiger charge is -2.28. The average Bonchev–Trinajstić information content (AvgIpc) is 3.06. The van der Waals surface area contributed by atoms with E-state index in [4.69, 9.17) is 9.47 Å². The van der Waals surface area contributed by atoms with E-state index in [1.54, 1.807) is 0 Å². The highest BCUT2D eigenvalue weighted by Gasteiger charge is 2.37. The molecule has 0 amide bonds. The number of aliphatic hydroxyl groups is 1. The molecule has 22 heavy (non-hydrogen) atoms. The minimum absolute atomic E-state index is 0.435. The van der Waals surface area contributed by atoms with Crippen LogP contribution in [0.5, 0.6) is 0 Å². The number of rotatable bonds is 6. The zero-order valence-corrected chi connectivity index (χ0v) is 12.7. The fourth-order valence-corrected chi connectivity index (χ4v) is 2.97. The predicted molar refractivity (Wildman–Crippen MR) is 85.3 cm³/mol. The van der Waals surface area contributed by atoms with Crippen molar-refractivity contribution in [1.29, 1.82) is 0 Å². The maximum Gasteiger partial charge on any atom is 0.194 e. The minimum atomic E-state index is -0.641. The molecule has 1 N–H and O–H groups in total. The second kappa shape index (κ2) is 7.05. The van der Waals surface area contributed by atoms with E-state index < -0.39 is 11.9 Å². The molecule has 116 valence electrons. The molecule has 0 aliphatic carbocycles. The van der Waals surface area contributed by atoms with Gasteiger partial charge in [0.1, 0.15) is 0 Å². The summed E-state index contributed by atoms with van der Waals surface area (Å²) < 4.78 is 11.8. The van der Waals surface area contributed by atoms with Crippen LogP contribution in [0.15, 0.2) is 60.7 Å². The minimum Gasteiger partial charge on any atom is -0.388 e. The molecule has 3 heteroatoms. The van der Waals surface area contributed by atoms with Crippen molar-refractivity contribution in [2.45, 2.75) is 31.2 Å². The summed E-state index contributed by atoms with van der Waals surface area (Å²) in [6, 6.07) is 19.9. The predicted octanol–water partition coefficient (Wildman–Crippen LogP) is 3.79. The molecule has 1 atom stereocenters. The van der Waals surface area contributed by atoms with Crippen molar-refractivity contribution in [2.75, 3.05) is 13.2 Å². The Labute approximate surface area is 131 Å². The second-order valence-corrected chi connectivity index (χ2v) is 5.63. The third-order valence-electron chi connectivity index (χ3n) is 4.14. The van der Waals surface area contributed by atoms with E-state index >= 15 is 0 Å². The first-order valence-corrected chi connectivity index (χ1v) is 7.87. The molecule has 0 bridgehead atoms. The lowest BCUT2D eigenvalue weighted by atomic mass is 9.97. The van der Waals surface area contributed by atoms with Gasteiger partial charge in [0.15, 0.2) is 5.79 Å². The van der Waals surface area contributed by atoms with Crippen molar-refractivity contribution in [3.63, 3.8) is 0 Å². The SMILES string of the molecule is OC(CCCC1(c2ccccc2)OCCO1)c1ccccc1. The molecule has 1 saturated heterocycles. The molecule has 1 aliphatic rings. The van der Waals surface area contributed by atoms with Crippen LogP contribution in [0.3, 0.4) is 0 Å². The Kier molecular flexibility index (Phi) is 4.88. The van der Waals surface area contributed by atoms with Crippen LogP contribution in [0.1, 0.15) is 36.5 Å². The van der Waals surface area contributed by atoms with Crippen molar-refractivity contribution < 1.29 is 14.6 Å². The van der Waals surface area contributed by atoms with Crippen LogP contribution in [0.2, 0.25) is 0 Å². The highest BCUT2D eigenvalue weighted by molar-refractivity contribution is 5.21. The number of ether oxygens (including phenoxy) is 2. The quantitative estimate of drug-likeness (QED) is 0.882. The molecule has 3 nitrogen and oxygen atoms in total. The maximum absolute atomic E-state index is 10.3. The average molecular weight is 298 g/mol.